The Bertz CT molecular complexity index is 290. The molecule has 1 atom stereocenters. The van der Waals surface area contributed by atoms with Gasteiger partial charge in [-0.05, 0) is 30.9 Å². The summed E-state index contributed by atoms with van der Waals surface area (Å²) in [7, 11) is 0. The molecule has 19 heavy (non-hydrogen) atoms. The summed E-state index contributed by atoms with van der Waals surface area (Å²) in [6.07, 6.45) is 7.40. The van der Waals surface area contributed by atoms with Gasteiger partial charge in [-0.2, -0.15) is 11.8 Å². The fourth-order valence-electron chi connectivity index (χ4n) is 2.48. The summed E-state index contributed by atoms with van der Waals surface area (Å²) >= 11 is 1.58. The Kier molecular flexibility index (Phi) is 7.94. The van der Waals surface area contributed by atoms with Gasteiger partial charge in [0.05, 0.1) is 5.75 Å². The van der Waals surface area contributed by atoms with E-state index in [0.717, 1.165) is 44.3 Å². The predicted octanol–water partition coefficient (Wildman–Crippen LogP) is 2.67. The highest BCUT2D eigenvalue weighted by molar-refractivity contribution is 7.99. The van der Waals surface area contributed by atoms with Crippen LogP contribution in [0.25, 0.3) is 0 Å². The Morgan fingerprint density at radius 2 is 2.00 bits per heavy atom. The third kappa shape index (κ3) is 6.32. The largest absolute Gasteiger partial charge is 0.480 e. The highest BCUT2D eigenvalue weighted by Crippen LogP contribution is 2.26. The lowest BCUT2D eigenvalue weighted by Gasteiger charge is -2.28. The summed E-state index contributed by atoms with van der Waals surface area (Å²) in [4.78, 5) is 23.1. The van der Waals surface area contributed by atoms with Crippen molar-refractivity contribution >= 4 is 23.6 Å². The summed E-state index contributed by atoms with van der Waals surface area (Å²) in [5.41, 5.74) is 0. The first-order chi connectivity index (χ1) is 9.15. The average Bonchev–Trinajstić information content (AvgIpc) is 2.41. The van der Waals surface area contributed by atoms with Gasteiger partial charge < -0.3 is 10.4 Å². The molecule has 5 heteroatoms. The van der Waals surface area contributed by atoms with Crippen LogP contribution < -0.4 is 5.32 Å². The number of carboxylic acids is 1. The quantitative estimate of drug-likeness (QED) is 0.674. The lowest BCUT2D eigenvalue weighted by Crippen LogP contribution is -2.47. The van der Waals surface area contributed by atoms with Crippen molar-refractivity contribution in [2.75, 3.05) is 11.5 Å². The van der Waals surface area contributed by atoms with E-state index in [9.17, 15) is 14.7 Å². The number of unbranched alkanes of at least 4 members (excludes halogenated alkanes) is 1. The van der Waals surface area contributed by atoms with E-state index in [4.69, 9.17) is 0 Å². The van der Waals surface area contributed by atoms with Crippen molar-refractivity contribution < 1.29 is 14.7 Å². The topological polar surface area (TPSA) is 66.4 Å². The smallest absolute Gasteiger partial charge is 0.326 e. The molecule has 1 amide bonds. The molecule has 1 saturated carbocycles. The fourth-order valence-corrected chi connectivity index (χ4v) is 3.38. The highest BCUT2D eigenvalue weighted by Gasteiger charge is 2.30. The molecule has 1 unspecified atom stereocenters. The normalized spacial score (nSPS) is 17.9. The van der Waals surface area contributed by atoms with Gasteiger partial charge in [0.25, 0.3) is 0 Å². The molecular formula is C14H25NO3S. The fraction of sp³-hybridized carbons (Fsp3) is 0.857. The van der Waals surface area contributed by atoms with Crippen molar-refractivity contribution in [2.45, 2.75) is 57.9 Å². The van der Waals surface area contributed by atoms with Gasteiger partial charge in [-0.15, -0.1) is 0 Å². The molecule has 1 aliphatic rings. The van der Waals surface area contributed by atoms with Gasteiger partial charge in [-0.25, -0.2) is 4.79 Å². The summed E-state index contributed by atoms with van der Waals surface area (Å²) < 4.78 is 0. The Morgan fingerprint density at radius 1 is 1.32 bits per heavy atom. The number of amides is 1. The van der Waals surface area contributed by atoms with Gasteiger partial charge >= 0.3 is 5.97 Å². The Balaban J connectivity index is 2.35. The molecule has 0 aliphatic heterocycles. The van der Waals surface area contributed by atoms with E-state index >= 15 is 0 Å². The third-order valence-electron chi connectivity index (χ3n) is 3.58. The second-order valence-corrected chi connectivity index (χ2v) is 6.29. The Hall–Kier alpha value is -0.710. The van der Waals surface area contributed by atoms with E-state index in [-0.39, 0.29) is 11.8 Å². The van der Waals surface area contributed by atoms with Crippen molar-refractivity contribution in [3.63, 3.8) is 0 Å². The lowest BCUT2D eigenvalue weighted by atomic mass is 9.84. The van der Waals surface area contributed by atoms with Crippen molar-refractivity contribution in [1.82, 2.24) is 5.32 Å². The maximum atomic E-state index is 11.8. The monoisotopic (exact) mass is 287 g/mol. The van der Waals surface area contributed by atoms with E-state index in [1.807, 2.05) is 0 Å². The van der Waals surface area contributed by atoms with Crippen LogP contribution in [-0.2, 0) is 9.59 Å². The first kappa shape index (κ1) is 16.3. The van der Waals surface area contributed by atoms with Crippen molar-refractivity contribution in [1.29, 1.82) is 0 Å². The number of carboxylic acid groups (broad SMARTS) is 1. The summed E-state index contributed by atoms with van der Waals surface area (Å²) in [5.74, 6) is 0.412. The van der Waals surface area contributed by atoms with Gasteiger partial charge in [0.2, 0.25) is 5.91 Å². The minimum atomic E-state index is -0.890. The van der Waals surface area contributed by atoms with Crippen LogP contribution in [0.4, 0.5) is 0 Å². The molecular weight excluding hydrogens is 262 g/mol. The molecule has 110 valence electrons. The summed E-state index contributed by atoms with van der Waals surface area (Å²) in [5, 5.41) is 12.0. The average molecular weight is 287 g/mol. The number of hydrogen-bond acceptors (Lipinski definition) is 3. The van der Waals surface area contributed by atoms with Crippen molar-refractivity contribution in [3.05, 3.63) is 0 Å². The van der Waals surface area contributed by atoms with Crippen LogP contribution in [0.3, 0.4) is 0 Å². The maximum Gasteiger partial charge on any atom is 0.326 e. The molecule has 0 aromatic heterocycles. The number of thioether (sulfide) groups is 1. The second kappa shape index (κ2) is 9.23. The minimum absolute atomic E-state index is 0.107. The van der Waals surface area contributed by atoms with Crippen LogP contribution in [0.5, 0.6) is 0 Å². The van der Waals surface area contributed by atoms with Crippen molar-refractivity contribution in [2.24, 2.45) is 5.92 Å². The maximum absolute atomic E-state index is 11.8. The standard InChI is InChI=1S/C14H25NO3S/c1-2-3-9-19-10-12(16)15-13(14(17)18)11-7-5-4-6-8-11/h11,13H,2-10H2,1H3,(H,15,16)(H,17,18). The van der Waals surface area contributed by atoms with Crippen LogP contribution in [-0.4, -0.2) is 34.5 Å². The van der Waals surface area contributed by atoms with Crippen LogP contribution in [0, 0.1) is 5.92 Å². The Morgan fingerprint density at radius 3 is 2.58 bits per heavy atom. The lowest BCUT2D eigenvalue weighted by molar-refractivity contribution is -0.143. The molecule has 0 radical (unpaired) electrons. The van der Waals surface area contributed by atoms with Crippen LogP contribution in [0.15, 0.2) is 0 Å². The van der Waals surface area contributed by atoms with Crippen molar-refractivity contribution in [3.8, 4) is 0 Å². The summed E-state index contributed by atoms with van der Waals surface area (Å²) in [6, 6.07) is -0.695. The van der Waals surface area contributed by atoms with Gasteiger partial charge in [-0.1, -0.05) is 32.6 Å². The van der Waals surface area contributed by atoms with Gasteiger partial charge in [0.15, 0.2) is 0 Å². The summed E-state index contributed by atoms with van der Waals surface area (Å²) in [6.45, 7) is 2.12. The molecule has 1 aliphatic carbocycles. The number of hydrogen-bond donors (Lipinski definition) is 2. The molecule has 1 rings (SSSR count). The number of nitrogens with one attached hydrogen (secondary N) is 1. The zero-order valence-corrected chi connectivity index (χ0v) is 12.5. The second-order valence-electron chi connectivity index (χ2n) is 5.19. The molecule has 2 N–H and O–H groups in total. The van der Waals surface area contributed by atoms with Crippen LogP contribution in [0.1, 0.15) is 51.9 Å². The first-order valence-electron chi connectivity index (χ1n) is 7.25. The predicted molar refractivity (Wildman–Crippen MR) is 78.4 cm³/mol. The van der Waals surface area contributed by atoms with E-state index in [0.29, 0.717) is 5.75 Å². The number of carbonyl (C=O) groups is 2. The minimum Gasteiger partial charge on any atom is -0.480 e. The van der Waals surface area contributed by atoms with E-state index in [2.05, 4.69) is 12.2 Å². The molecule has 4 nitrogen and oxygen atoms in total. The molecule has 0 bridgehead atoms. The molecule has 0 heterocycles. The van der Waals surface area contributed by atoms with E-state index in [1.165, 1.54) is 6.42 Å². The molecule has 0 aromatic rings. The SMILES string of the molecule is CCCCSCC(=O)NC(C(=O)O)C1CCCCC1. The molecule has 1 fully saturated rings. The zero-order chi connectivity index (χ0) is 14.1. The van der Waals surface area contributed by atoms with Crippen LogP contribution in [0.2, 0.25) is 0 Å². The molecule has 0 spiro atoms. The molecule has 0 aromatic carbocycles. The number of carbonyl (C=O) groups excluding carboxylic acids is 1. The number of aliphatic carboxylic acids is 1. The highest BCUT2D eigenvalue weighted by atomic mass is 32.2. The van der Waals surface area contributed by atoms with Gasteiger partial charge in [0, 0.05) is 0 Å². The Labute approximate surface area is 119 Å². The third-order valence-corrected chi connectivity index (χ3v) is 4.62. The van der Waals surface area contributed by atoms with Gasteiger partial charge in [-0.3, -0.25) is 4.79 Å². The zero-order valence-electron chi connectivity index (χ0n) is 11.7. The van der Waals surface area contributed by atoms with Gasteiger partial charge in [0.1, 0.15) is 6.04 Å². The van der Waals surface area contributed by atoms with Crippen LogP contribution >= 0.6 is 11.8 Å². The molecule has 0 saturated heterocycles. The van der Waals surface area contributed by atoms with E-state index < -0.39 is 12.0 Å². The number of rotatable bonds is 8. The first-order valence-corrected chi connectivity index (χ1v) is 8.40. The van der Waals surface area contributed by atoms with E-state index in [1.54, 1.807) is 11.8 Å².